The van der Waals surface area contributed by atoms with Gasteiger partial charge in [-0.05, 0) is 47.1 Å². The predicted octanol–water partition coefficient (Wildman–Crippen LogP) is 3.40. The van der Waals surface area contributed by atoms with Gasteiger partial charge in [0.1, 0.15) is 0 Å². The Hall–Kier alpha value is -1.46. The van der Waals surface area contributed by atoms with E-state index in [-0.39, 0.29) is 0 Å². The van der Waals surface area contributed by atoms with Crippen LogP contribution in [0.25, 0.3) is 11.0 Å². The number of thiophene rings is 1. The zero-order valence-corrected chi connectivity index (χ0v) is 10.7. The highest BCUT2D eigenvalue weighted by Gasteiger charge is 2.04. The van der Waals surface area contributed by atoms with Crippen LogP contribution in [0.15, 0.2) is 35.3 Å². The van der Waals surface area contributed by atoms with Crippen molar-refractivity contribution in [2.24, 2.45) is 0 Å². The summed E-state index contributed by atoms with van der Waals surface area (Å²) in [5, 5.41) is 4.29. The van der Waals surface area contributed by atoms with Gasteiger partial charge in [0.15, 0.2) is 4.77 Å². The maximum absolute atomic E-state index is 5.33. The summed E-state index contributed by atoms with van der Waals surface area (Å²) >= 11 is 7.06. The van der Waals surface area contributed by atoms with Crippen molar-refractivity contribution in [3.8, 4) is 0 Å². The summed E-state index contributed by atoms with van der Waals surface area (Å²) in [6, 6.07) is 4.15. The molecule has 0 atom stereocenters. The molecule has 3 nitrogen and oxygen atoms in total. The highest BCUT2D eigenvalue weighted by molar-refractivity contribution is 7.71. The molecule has 0 bridgehead atoms. The van der Waals surface area contributed by atoms with E-state index in [4.69, 9.17) is 12.2 Å². The fourth-order valence-electron chi connectivity index (χ4n) is 1.91. The number of aryl methyl sites for hydroxylation is 2. The van der Waals surface area contributed by atoms with Crippen LogP contribution in [-0.2, 0) is 13.0 Å². The number of aromatic nitrogens is 3. The third-order valence-electron chi connectivity index (χ3n) is 2.78. The minimum absolute atomic E-state index is 0.767. The first kappa shape index (κ1) is 10.7. The van der Waals surface area contributed by atoms with Gasteiger partial charge < -0.3 is 9.55 Å². The Morgan fingerprint density at radius 1 is 1.41 bits per heavy atom. The number of nitrogens with one attached hydrogen (secondary N) is 1. The largest absolute Gasteiger partial charge is 0.329 e. The van der Waals surface area contributed by atoms with Crippen LogP contribution in [0.5, 0.6) is 0 Å². The average Bonchev–Trinajstić information content (AvgIpc) is 2.93. The van der Waals surface area contributed by atoms with Crippen molar-refractivity contribution in [1.29, 1.82) is 0 Å². The lowest BCUT2D eigenvalue weighted by atomic mass is 10.2. The van der Waals surface area contributed by atoms with Crippen molar-refractivity contribution in [2.75, 3.05) is 0 Å². The van der Waals surface area contributed by atoms with Gasteiger partial charge in [0.25, 0.3) is 0 Å². The van der Waals surface area contributed by atoms with Crippen LogP contribution in [-0.4, -0.2) is 14.5 Å². The number of rotatable bonds is 3. The fraction of sp³-hybridized carbons (Fsp3) is 0.167. The van der Waals surface area contributed by atoms with E-state index >= 15 is 0 Å². The second-order valence-electron chi connectivity index (χ2n) is 3.86. The van der Waals surface area contributed by atoms with Crippen molar-refractivity contribution in [3.05, 3.63) is 45.6 Å². The quantitative estimate of drug-likeness (QED) is 0.733. The Morgan fingerprint density at radius 3 is 3.18 bits per heavy atom. The van der Waals surface area contributed by atoms with E-state index in [2.05, 4.69) is 31.4 Å². The van der Waals surface area contributed by atoms with Gasteiger partial charge in [-0.2, -0.15) is 11.3 Å². The molecule has 0 spiro atoms. The van der Waals surface area contributed by atoms with Gasteiger partial charge in [0, 0.05) is 12.7 Å². The van der Waals surface area contributed by atoms with Crippen molar-refractivity contribution in [2.45, 2.75) is 13.0 Å². The van der Waals surface area contributed by atoms with E-state index in [1.165, 1.54) is 5.56 Å². The van der Waals surface area contributed by atoms with Gasteiger partial charge >= 0.3 is 0 Å². The molecule has 0 unspecified atom stereocenters. The number of nitrogens with zero attached hydrogens (tertiary/aromatic N) is 2. The number of fused-ring (bicyclic) bond motifs is 1. The minimum atomic E-state index is 0.767. The van der Waals surface area contributed by atoms with Gasteiger partial charge in [0.05, 0.1) is 17.2 Å². The highest BCUT2D eigenvalue weighted by Crippen LogP contribution is 2.14. The van der Waals surface area contributed by atoms with Crippen LogP contribution in [0.2, 0.25) is 0 Å². The van der Waals surface area contributed by atoms with E-state index in [0.29, 0.717) is 0 Å². The van der Waals surface area contributed by atoms with Gasteiger partial charge in [-0.3, -0.25) is 4.98 Å². The maximum Gasteiger partial charge on any atom is 0.178 e. The number of hydrogen-bond acceptors (Lipinski definition) is 3. The molecule has 3 aromatic rings. The molecule has 3 aromatic heterocycles. The molecular weight excluding hydrogens is 250 g/mol. The number of H-pyrrole nitrogens is 1. The molecule has 0 saturated heterocycles. The van der Waals surface area contributed by atoms with Gasteiger partial charge in [-0.15, -0.1) is 0 Å². The van der Waals surface area contributed by atoms with Crippen LogP contribution in [0.1, 0.15) is 5.56 Å². The molecule has 5 heteroatoms. The summed E-state index contributed by atoms with van der Waals surface area (Å²) in [5.41, 5.74) is 3.49. The predicted molar refractivity (Wildman–Crippen MR) is 72.9 cm³/mol. The zero-order valence-electron chi connectivity index (χ0n) is 9.09. The summed E-state index contributed by atoms with van der Waals surface area (Å²) < 4.78 is 2.90. The van der Waals surface area contributed by atoms with Crippen molar-refractivity contribution >= 4 is 34.6 Å². The van der Waals surface area contributed by atoms with Crippen LogP contribution in [0.3, 0.4) is 0 Å². The maximum atomic E-state index is 5.33. The fourth-order valence-corrected chi connectivity index (χ4v) is 2.91. The summed E-state index contributed by atoms with van der Waals surface area (Å²) in [4.78, 5) is 7.26. The molecule has 0 radical (unpaired) electrons. The molecule has 0 fully saturated rings. The Balaban J connectivity index is 1.94. The van der Waals surface area contributed by atoms with Crippen LogP contribution >= 0.6 is 23.6 Å². The molecule has 0 aliphatic rings. The van der Waals surface area contributed by atoms with Gasteiger partial charge in [0.2, 0.25) is 0 Å². The molecule has 86 valence electrons. The monoisotopic (exact) mass is 261 g/mol. The lowest BCUT2D eigenvalue weighted by molar-refractivity contribution is 0.708. The first-order valence-corrected chi connectivity index (χ1v) is 6.73. The second-order valence-corrected chi connectivity index (χ2v) is 5.02. The Bertz CT molecular complexity index is 679. The summed E-state index contributed by atoms with van der Waals surface area (Å²) in [6.07, 6.45) is 4.62. The van der Waals surface area contributed by atoms with Crippen LogP contribution in [0, 0.1) is 4.77 Å². The first-order chi connectivity index (χ1) is 8.34. The summed E-state index contributed by atoms with van der Waals surface area (Å²) in [7, 11) is 0. The Morgan fingerprint density at radius 2 is 2.35 bits per heavy atom. The third kappa shape index (κ3) is 2.03. The molecule has 17 heavy (non-hydrogen) atoms. The van der Waals surface area contributed by atoms with Crippen molar-refractivity contribution < 1.29 is 0 Å². The molecule has 0 aliphatic heterocycles. The molecule has 1 N–H and O–H groups in total. The van der Waals surface area contributed by atoms with Gasteiger partial charge in [-0.1, -0.05) is 0 Å². The SMILES string of the molecule is S=c1[nH]c2cnccc2n1CCc1ccsc1. The normalized spacial score (nSPS) is 11.1. The van der Waals surface area contributed by atoms with E-state index in [0.717, 1.165) is 28.8 Å². The topological polar surface area (TPSA) is 33.6 Å². The standard InChI is InChI=1S/C12H11N3S2/c16-12-14-10-7-13-4-1-11(10)15(12)5-2-9-3-6-17-8-9/h1,3-4,6-8H,2,5H2,(H,14,16). The summed E-state index contributed by atoms with van der Waals surface area (Å²) in [6.45, 7) is 0.902. The van der Waals surface area contributed by atoms with E-state index in [9.17, 15) is 0 Å². The smallest absolute Gasteiger partial charge is 0.178 e. The third-order valence-corrected chi connectivity index (χ3v) is 3.83. The van der Waals surface area contributed by atoms with Crippen LogP contribution < -0.4 is 0 Å². The zero-order chi connectivity index (χ0) is 11.7. The van der Waals surface area contributed by atoms with Gasteiger partial charge in [-0.25, -0.2) is 0 Å². The Labute approximate surface area is 108 Å². The van der Waals surface area contributed by atoms with Crippen molar-refractivity contribution in [1.82, 2.24) is 14.5 Å². The lowest BCUT2D eigenvalue weighted by Gasteiger charge is -2.02. The molecule has 0 amide bonds. The first-order valence-electron chi connectivity index (χ1n) is 5.38. The molecule has 0 aromatic carbocycles. The van der Waals surface area contributed by atoms with E-state index in [1.54, 1.807) is 17.5 Å². The number of hydrogen-bond donors (Lipinski definition) is 1. The molecular formula is C12H11N3S2. The Kier molecular flexibility index (Phi) is 2.78. The number of imidazole rings is 1. The summed E-state index contributed by atoms with van der Waals surface area (Å²) in [5.74, 6) is 0. The lowest BCUT2D eigenvalue weighted by Crippen LogP contribution is -2.00. The van der Waals surface area contributed by atoms with Crippen molar-refractivity contribution in [3.63, 3.8) is 0 Å². The highest BCUT2D eigenvalue weighted by atomic mass is 32.1. The average molecular weight is 261 g/mol. The molecule has 3 rings (SSSR count). The molecule has 3 heterocycles. The molecule has 0 saturated carbocycles. The number of aromatic amines is 1. The minimum Gasteiger partial charge on any atom is -0.329 e. The van der Waals surface area contributed by atoms with E-state index < -0.39 is 0 Å². The van der Waals surface area contributed by atoms with E-state index in [1.807, 2.05) is 12.3 Å². The number of pyridine rings is 1. The second kappa shape index (κ2) is 4.43. The molecule has 0 aliphatic carbocycles. The van der Waals surface area contributed by atoms with Crippen LogP contribution in [0.4, 0.5) is 0 Å².